The Morgan fingerprint density at radius 2 is 1.77 bits per heavy atom. The molecule has 78 valence electrons. The first-order valence-electron chi connectivity index (χ1n) is 4.40. The molecule has 0 saturated heterocycles. The molecular weight excluding hydrogens is 170 g/mol. The number of aliphatic hydroxyl groups is 1. The summed E-state index contributed by atoms with van der Waals surface area (Å²) in [6, 6.07) is 0. The topological polar surface area (TPSA) is 83.5 Å². The van der Waals surface area contributed by atoms with E-state index in [9.17, 15) is 9.90 Å². The van der Waals surface area contributed by atoms with E-state index in [0.29, 0.717) is 19.3 Å². The number of carboxylic acids is 1. The molecule has 0 aliphatic rings. The minimum absolute atomic E-state index is 0.381. The van der Waals surface area contributed by atoms with Gasteiger partial charge in [0.2, 0.25) is 0 Å². The van der Waals surface area contributed by atoms with Gasteiger partial charge in [-0.15, -0.1) is 0 Å². The highest BCUT2D eigenvalue weighted by Crippen LogP contribution is 2.17. The summed E-state index contributed by atoms with van der Waals surface area (Å²) in [4.78, 5) is 10.6. The van der Waals surface area contributed by atoms with Crippen LogP contribution in [-0.4, -0.2) is 27.3 Å². The molecule has 0 aromatic carbocycles. The quantitative estimate of drug-likeness (QED) is 0.595. The molecule has 0 radical (unpaired) electrons. The monoisotopic (exact) mass is 189 g/mol. The SMILES string of the molecule is CC(C)(O)CCCC(C)(N)C(=O)O. The molecule has 13 heavy (non-hydrogen) atoms. The van der Waals surface area contributed by atoms with Gasteiger partial charge < -0.3 is 15.9 Å². The second-order valence-electron chi connectivity index (χ2n) is 4.39. The fourth-order valence-electron chi connectivity index (χ4n) is 0.995. The second kappa shape index (κ2) is 4.07. The summed E-state index contributed by atoms with van der Waals surface area (Å²) < 4.78 is 0. The average Bonchev–Trinajstić information content (AvgIpc) is 1.82. The van der Waals surface area contributed by atoms with Crippen LogP contribution in [0.3, 0.4) is 0 Å². The minimum atomic E-state index is -1.18. The van der Waals surface area contributed by atoms with E-state index < -0.39 is 17.1 Å². The summed E-state index contributed by atoms with van der Waals surface area (Å²) in [5.41, 5.74) is 3.59. The molecule has 0 aliphatic carbocycles. The van der Waals surface area contributed by atoms with Gasteiger partial charge in [-0.1, -0.05) is 0 Å². The van der Waals surface area contributed by atoms with E-state index in [0.717, 1.165) is 0 Å². The van der Waals surface area contributed by atoms with Crippen LogP contribution in [0.25, 0.3) is 0 Å². The van der Waals surface area contributed by atoms with Crippen LogP contribution in [0.2, 0.25) is 0 Å². The fourth-order valence-corrected chi connectivity index (χ4v) is 0.995. The number of nitrogens with two attached hydrogens (primary N) is 1. The van der Waals surface area contributed by atoms with Gasteiger partial charge >= 0.3 is 5.97 Å². The molecule has 4 heteroatoms. The van der Waals surface area contributed by atoms with Gasteiger partial charge in [-0.3, -0.25) is 4.79 Å². The summed E-state index contributed by atoms with van der Waals surface area (Å²) in [6.07, 6.45) is 1.56. The van der Waals surface area contributed by atoms with Gasteiger partial charge in [-0.05, 0) is 40.0 Å². The molecule has 4 nitrogen and oxygen atoms in total. The minimum Gasteiger partial charge on any atom is -0.480 e. The summed E-state index contributed by atoms with van der Waals surface area (Å²) in [7, 11) is 0. The molecule has 0 aromatic heterocycles. The number of carboxylic acid groups (broad SMARTS) is 1. The van der Waals surface area contributed by atoms with Crippen molar-refractivity contribution in [2.45, 2.75) is 51.2 Å². The molecule has 0 amide bonds. The molecule has 4 N–H and O–H groups in total. The third-order valence-electron chi connectivity index (χ3n) is 1.97. The van der Waals surface area contributed by atoms with Gasteiger partial charge in [0.1, 0.15) is 5.54 Å². The lowest BCUT2D eigenvalue weighted by Crippen LogP contribution is -2.44. The number of aliphatic carboxylic acids is 1. The molecule has 0 aromatic rings. The Morgan fingerprint density at radius 3 is 2.08 bits per heavy atom. The second-order valence-corrected chi connectivity index (χ2v) is 4.39. The molecule has 0 rings (SSSR count). The van der Waals surface area contributed by atoms with Crippen LogP contribution < -0.4 is 5.73 Å². The van der Waals surface area contributed by atoms with E-state index in [-0.39, 0.29) is 0 Å². The lowest BCUT2D eigenvalue weighted by Gasteiger charge is -2.22. The molecule has 0 saturated carbocycles. The first-order chi connectivity index (χ1) is 5.65. The van der Waals surface area contributed by atoms with E-state index in [1.165, 1.54) is 6.92 Å². The normalized spacial score (nSPS) is 16.7. The fraction of sp³-hybridized carbons (Fsp3) is 0.889. The Hall–Kier alpha value is -0.610. The van der Waals surface area contributed by atoms with Crippen molar-refractivity contribution in [1.29, 1.82) is 0 Å². The Kier molecular flexibility index (Phi) is 3.88. The molecular formula is C9H19NO3. The van der Waals surface area contributed by atoms with Crippen LogP contribution in [0.1, 0.15) is 40.0 Å². The predicted octanol–water partition coefficient (Wildman–Crippen LogP) is 0.730. The molecule has 1 unspecified atom stereocenters. The van der Waals surface area contributed by atoms with Gasteiger partial charge in [0.25, 0.3) is 0 Å². The third-order valence-corrected chi connectivity index (χ3v) is 1.97. The molecule has 0 heterocycles. The standard InChI is InChI=1S/C9H19NO3/c1-8(2,13)5-4-6-9(3,10)7(11)12/h13H,4-6,10H2,1-3H3,(H,11,12). The van der Waals surface area contributed by atoms with Crippen molar-refractivity contribution < 1.29 is 15.0 Å². The van der Waals surface area contributed by atoms with Crippen molar-refractivity contribution in [3.8, 4) is 0 Å². The molecule has 0 aliphatic heterocycles. The Labute approximate surface area is 78.7 Å². The summed E-state index contributed by atoms with van der Waals surface area (Å²) >= 11 is 0. The summed E-state index contributed by atoms with van der Waals surface area (Å²) in [5, 5.41) is 18.0. The highest BCUT2D eigenvalue weighted by Gasteiger charge is 2.27. The maximum atomic E-state index is 10.6. The van der Waals surface area contributed by atoms with E-state index in [4.69, 9.17) is 10.8 Å². The highest BCUT2D eigenvalue weighted by molar-refractivity contribution is 5.77. The van der Waals surface area contributed by atoms with E-state index in [1.807, 2.05) is 0 Å². The number of hydrogen-bond acceptors (Lipinski definition) is 3. The zero-order chi connectivity index (χ0) is 10.7. The van der Waals surface area contributed by atoms with Crippen LogP contribution >= 0.6 is 0 Å². The van der Waals surface area contributed by atoms with Crippen molar-refractivity contribution in [3.63, 3.8) is 0 Å². The Morgan fingerprint density at radius 1 is 1.31 bits per heavy atom. The zero-order valence-electron chi connectivity index (χ0n) is 8.50. The number of hydrogen-bond donors (Lipinski definition) is 3. The number of carbonyl (C=O) groups is 1. The lowest BCUT2D eigenvalue weighted by atomic mass is 9.92. The van der Waals surface area contributed by atoms with Gasteiger partial charge in [0.15, 0.2) is 0 Å². The highest BCUT2D eigenvalue weighted by atomic mass is 16.4. The van der Waals surface area contributed by atoms with Gasteiger partial charge in [0, 0.05) is 0 Å². The van der Waals surface area contributed by atoms with Gasteiger partial charge in [-0.25, -0.2) is 0 Å². The first kappa shape index (κ1) is 12.4. The lowest BCUT2D eigenvalue weighted by molar-refractivity contribution is -0.143. The molecule has 1 atom stereocenters. The maximum Gasteiger partial charge on any atom is 0.323 e. The van der Waals surface area contributed by atoms with Crippen LogP contribution in [0, 0.1) is 0 Å². The molecule has 0 spiro atoms. The molecule has 0 bridgehead atoms. The summed E-state index contributed by atoms with van der Waals surface area (Å²) in [6.45, 7) is 4.88. The van der Waals surface area contributed by atoms with Crippen molar-refractivity contribution in [1.82, 2.24) is 0 Å². The van der Waals surface area contributed by atoms with Crippen molar-refractivity contribution in [2.75, 3.05) is 0 Å². The zero-order valence-corrected chi connectivity index (χ0v) is 8.50. The maximum absolute atomic E-state index is 10.6. The Balaban J connectivity index is 3.84. The predicted molar refractivity (Wildman–Crippen MR) is 50.4 cm³/mol. The van der Waals surface area contributed by atoms with E-state index in [2.05, 4.69) is 0 Å². The van der Waals surface area contributed by atoms with Gasteiger partial charge in [-0.2, -0.15) is 0 Å². The van der Waals surface area contributed by atoms with Crippen molar-refractivity contribution in [2.24, 2.45) is 5.73 Å². The van der Waals surface area contributed by atoms with Crippen LogP contribution in [-0.2, 0) is 4.79 Å². The van der Waals surface area contributed by atoms with Crippen molar-refractivity contribution in [3.05, 3.63) is 0 Å². The Bertz CT molecular complexity index is 182. The van der Waals surface area contributed by atoms with Crippen LogP contribution in [0.4, 0.5) is 0 Å². The average molecular weight is 189 g/mol. The van der Waals surface area contributed by atoms with Crippen LogP contribution in [0.5, 0.6) is 0 Å². The number of rotatable bonds is 5. The largest absolute Gasteiger partial charge is 0.480 e. The van der Waals surface area contributed by atoms with Gasteiger partial charge in [0.05, 0.1) is 5.60 Å². The first-order valence-corrected chi connectivity index (χ1v) is 4.40. The molecule has 0 fully saturated rings. The third kappa shape index (κ3) is 5.60. The van der Waals surface area contributed by atoms with E-state index >= 15 is 0 Å². The summed E-state index contributed by atoms with van der Waals surface area (Å²) in [5.74, 6) is -0.997. The van der Waals surface area contributed by atoms with Crippen molar-refractivity contribution >= 4 is 5.97 Å². The van der Waals surface area contributed by atoms with E-state index in [1.54, 1.807) is 13.8 Å². The van der Waals surface area contributed by atoms with Crippen LogP contribution in [0.15, 0.2) is 0 Å². The smallest absolute Gasteiger partial charge is 0.323 e.